The predicted molar refractivity (Wildman–Crippen MR) is 151 cm³/mol. The van der Waals surface area contributed by atoms with Crippen LogP contribution in [0.25, 0.3) is 22.6 Å². The fourth-order valence-corrected chi connectivity index (χ4v) is 5.43. The van der Waals surface area contributed by atoms with Crippen LogP contribution in [-0.4, -0.2) is 52.6 Å². The minimum absolute atomic E-state index is 0.110. The molecule has 0 spiro atoms. The topological polar surface area (TPSA) is 139 Å². The molecule has 1 aliphatic heterocycles. The lowest BCUT2D eigenvalue weighted by Gasteiger charge is -2.22. The molecule has 0 saturated carbocycles. The molecule has 11 heteroatoms. The second-order valence-electron chi connectivity index (χ2n) is 9.01. The van der Waals surface area contributed by atoms with Crippen LogP contribution in [0.15, 0.2) is 64.2 Å². The lowest BCUT2D eigenvalue weighted by molar-refractivity contribution is 0.198. The van der Waals surface area contributed by atoms with Crippen LogP contribution in [-0.2, 0) is 5.75 Å². The molecule has 1 fully saturated rings. The highest BCUT2D eigenvalue weighted by Crippen LogP contribution is 2.40. The number of oxazole rings is 1. The Kier molecular flexibility index (Phi) is 8.54. The Balaban J connectivity index is 1.52. The third-order valence-corrected chi connectivity index (χ3v) is 7.60. The number of aliphatic hydroxyl groups excluding tert-OH is 2. The highest BCUT2D eigenvalue weighted by molar-refractivity contribution is 7.98. The second kappa shape index (κ2) is 12.4. The van der Waals surface area contributed by atoms with Crippen LogP contribution in [0.3, 0.4) is 0 Å². The zero-order valence-electron chi connectivity index (χ0n) is 21.2. The normalized spacial score (nSPS) is 14.6. The molecule has 2 aromatic heterocycles. The number of aromatic nitrogens is 2. The summed E-state index contributed by atoms with van der Waals surface area (Å²) in [6, 6.07) is 18.7. The summed E-state index contributed by atoms with van der Waals surface area (Å²) >= 11 is 7.31. The summed E-state index contributed by atoms with van der Waals surface area (Å²) in [5.41, 5.74) is 3.12. The average Bonchev–Trinajstić information content (AvgIpc) is 3.64. The minimum Gasteiger partial charge on any atom is -0.491 e. The molecule has 2 aromatic carbocycles. The fourth-order valence-electron chi connectivity index (χ4n) is 4.44. The summed E-state index contributed by atoms with van der Waals surface area (Å²) in [5.74, 6) is 1.82. The van der Waals surface area contributed by atoms with Crippen molar-refractivity contribution >= 4 is 29.2 Å². The molecular weight excluding hydrogens is 550 g/mol. The number of nitriles is 2. The van der Waals surface area contributed by atoms with E-state index in [-0.39, 0.29) is 24.3 Å². The van der Waals surface area contributed by atoms with Gasteiger partial charge in [0.2, 0.25) is 5.89 Å². The summed E-state index contributed by atoms with van der Waals surface area (Å²) < 4.78 is 11.1. The number of pyridine rings is 1. The van der Waals surface area contributed by atoms with Gasteiger partial charge in [0, 0.05) is 35.0 Å². The van der Waals surface area contributed by atoms with Gasteiger partial charge in [0.1, 0.15) is 47.2 Å². The molecule has 0 radical (unpaired) electrons. The van der Waals surface area contributed by atoms with Crippen molar-refractivity contribution in [3.05, 3.63) is 76.6 Å². The molecule has 0 amide bonds. The van der Waals surface area contributed by atoms with Crippen LogP contribution in [0.1, 0.15) is 23.2 Å². The highest BCUT2D eigenvalue weighted by atomic mass is 35.5. The number of aliphatic hydroxyl groups is 2. The molecule has 1 saturated heterocycles. The highest BCUT2D eigenvalue weighted by Gasteiger charge is 2.29. The van der Waals surface area contributed by atoms with Gasteiger partial charge in [0.15, 0.2) is 0 Å². The van der Waals surface area contributed by atoms with Gasteiger partial charge >= 0.3 is 0 Å². The van der Waals surface area contributed by atoms with E-state index in [2.05, 4.69) is 17.1 Å². The molecule has 3 heterocycles. The van der Waals surface area contributed by atoms with E-state index in [0.717, 1.165) is 5.56 Å². The van der Waals surface area contributed by atoms with E-state index in [0.29, 0.717) is 69.6 Å². The van der Waals surface area contributed by atoms with Gasteiger partial charge in [0.05, 0.1) is 24.0 Å². The number of hydrogen-bond acceptors (Lipinski definition) is 10. The fraction of sp³-hybridized carbons (Fsp3) is 0.241. The van der Waals surface area contributed by atoms with Gasteiger partial charge in [-0.15, -0.1) is 0 Å². The Hall–Kier alpha value is -4.06. The van der Waals surface area contributed by atoms with E-state index in [1.54, 1.807) is 42.7 Å². The first-order valence-corrected chi connectivity index (χ1v) is 13.9. The second-order valence-corrected chi connectivity index (χ2v) is 10.4. The first-order chi connectivity index (χ1) is 19.5. The zero-order chi connectivity index (χ0) is 28.1. The van der Waals surface area contributed by atoms with E-state index in [1.807, 2.05) is 17.0 Å². The molecule has 1 atom stereocenters. The van der Waals surface area contributed by atoms with Crippen molar-refractivity contribution in [3.8, 4) is 40.5 Å². The monoisotopic (exact) mass is 573 g/mol. The first-order valence-electron chi connectivity index (χ1n) is 12.5. The van der Waals surface area contributed by atoms with Crippen LogP contribution in [0, 0.1) is 22.7 Å². The van der Waals surface area contributed by atoms with Gasteiger partial charge in [-0.1, -0.05) is 35.5 Å². The van der Waals surface area contributed by atoms with Crippen LogP contribution in [0.5, 0.6) is 5.75 Å². The number of hydrogen-bond donors (Lipinski definition) is 2. The largest absolute Gasteiger partial charge is 0.491 e. The van der Waals surface area contributed by atoms with Crippen molar-refractivity contribution in [2.75, 3.05) is 31.2 Å². The molecule has 1 aliphatic rings. The summed E-state index contributed by atoms with van der Waals surface area (Å²) in [7, 11) is 0. The van der Waals surface area contributed by atoms with Crippen molar-refractivity contribution in [2.45, 2.75) is 23.3 Å². The van der Waals surface area contributed by atoms with E-state index < -0.39 is 6.10 Å². The lowest BCUT2D eigenvalue weighted by atomic mass is 9.96. The van der Waals surface area contributed by atoms with E-state index in [1.165, 1.54) is 11.8 Å². The third-order valence-electron chi connectivity index (χ3n) is 6.33. The molecule has 40 heavy (non-hydrogen) atoms. The number of thioether (sulfide) groups is 1. The Bertz CT molecular complexity index is 1580. The first kappa shape index (κ1) is 27.5. The number of anilines is 1. The molecule has 0 aliphatic carbocycles. The predicted octanol–water partition coefficient (Wildman–Crippen LogP) is 5.03. The van der Waals surface area contributed by atoms with Crippen molar-refractivity contribution in [2.24, 2.45) is 0 Å². The number of nitrogens with zero attached hydrogens (tertiary/aromatic N) is 5. The lowest BCUT2D eigenvalue weighted by Crippen LogP contribution is -2.24. The number of ether oxygens (including phenoxy) is 1. The average molecular weight is 574 g/mol. The maximum atomic E-state index is 10.3. The Morgan fingerprint density at radius 3 is 2.42 bits per heavy atom. The van der Waals surface area contributed by atoms with Crippen LogP contribution >= 0.6 is 23.4 Å². The van der Waals surface area contributed by atoms with Crippen molar-refractivity contribution in [1.82, 2.24) is 9.97 Å². The molecule has 4 aromatic rings. The van der Waals surface area contributed by atoms with Gasteiger partial charge in [-0.2, -0.15) is 10.5 Å². The molecule has 202 valence electrons. The Morgan fingerprint density at radius 2 is 1.77 bits per heavy atom. The van der Waals surface area contributed by atoms with Crippen LogP contribution < -0.4 is 9.64 Å². The SMILES string of the molecule is N#Cc1c(SCc2coc(-c3ccc(Cl)cc3)n2)nc(N2CCC(O)C2)c(C#N)c1-c1ccc(OCCO)cc1. The maximum absolute atomic E-state index is 10.3. The molecule has 9 nitrogen and oxygen atoms in total. The molecule has 0 bridgehead atoms. The third kappa shape index (κ3) is 5.91. The quantitative estimate of drug-likeness (QED) is 0.262. The molecule has 1 unspecified atom stereocenters. The van der Waals surface area contributed by atoms with Gasteiger partial charge in [-0.05, 0) is 48.4 Å². The number of rotatable bonds is 9. The standard InChI is InChI=1S/C29H24ClN5O4S/c30-20-5-1-19(2-6-20)28-33-21(16-39-28)17-40-29-25(14-32)26(18-3-7-23(8-4-18)38-12-11-36)24(13-31)27(34-29)35-10-9-22(37)15-35/h1-8,16,22,36-37H,9-12,15,17H2. The minimum atomic E-state index is -0.520. The molecule has 2 N–H and O–H groups in total. The van der Waals surface area contributed by atoms with Gasteiger partial charge in [-0.3, -0.25) is 0 Å². The van der Waals surface area contributed by atoms with Crippen molar-refractivity contribution in [1.29, 1.82) is 10.5 Å². The smallest absolute Gasteiger partial charge is 0.226 e. The molecule has 5 rings (SSSR count). The van der Waals surface area contributed by atoms with Crippen LogP contribution in [0.4, 0.5) is 5.82 Å². The number of benzene rings is 2. The summed E-state index contributed by atoms with van der Waals surface area (Å²) in [5, 5.41) is 40.8. The number of β-amino-alcohol motifs (C(OH)–C–C–N with tert-alkyl or cyclic N) is 1. The summed E-state index contributed by atoms with van der Waals surface area (Å²) in [6.45, 7) is 0.936. The van der Waals surface area contributed by atoms with Crippen molar-refractivity contribution < 1.29 is 19.4 Å². The maximum Gasteiger partial charge on any atom is 0.226 e. The van der Waals surface area contributed by atoms with Gasteiger partial charge in [-0.25, -0.2) is 9.97 Å². The van der Waals surface area contributed by atoms with E-state index >= 15 is 0 Å². The van der Waals surface area contributed by atoms with Gasteiger partial charge in [0.25, 0.3) is 0 Å². The number of halogens is 1. The summed E-state index contributed by atoms with van der Waals surface area (Å²) in [6.07, 6.45) is 1.61. The molecular formula is C29H24ClN5O4S. The van der Waals surface area contributed by atoms with E-state index in [9.17, 15) is 15.6 Å². The Morgan fingerprint density at radius 1 is 1.05 bits per heavy atom. The van der Waals surface area contributed by atoms with Gasteiger partial charge < -0.3 is 24.3 Å². The Labute approximate surface area is 240 Å². The van der Waals surface area contributed by atoms with Crippen LogP contribution in [0.2, 0.25) is 5.02 Å². The zero-order valence-corrected chi connectivity index (χ0v) is 22.8. The summed E-state index contributed by atoms with van der Waals surface area (Å²) in [4.78, 5) is 11.2. The van der Waals surface area contributed by atoms with E-state index in [4.69, 9.17) is 30.8 Å². The van der Waals surface area contributed by atoms with Crippen molar-refractivity contribution in [3.63, 3.8) is 0 Å².